The predicted octanol–water partition coefficient (Wildman–Crippen LogP) is 4.15. The Kier molecular flexibility index (Phi) is 2.70. The minimum Gasteiger partial charge on any atom is -0.198 e. The van der Waals surface area contributed by atoms with Crippen molar-refractivity contribution >= 4 is 0 Å². The van der Waals surface area contributed by atoms with Gasteiger partial charge in [-0.15, -0.1) is 0 Å². The van der Waals surface area contributed by atoms with E-state index in [0.29, 0.717) is 11.8 Å². The monoisotopic (exact) mass is 239 g/mol. The molecule has 2 bridgehead atoms. The Labute approximate surface area is 110 Å². The average Bonchev–Trinajstić information content (AvgIpc) is 2.99. The molecule has 0 heterocycles. The van der Waals surface area contributed by atoms with E-state index in [1.54, 1.807) is 0 Å². The molecular weight excluding hydrogens is 218 g/mol. The van der Waals surface area contributed by atoms with Gasteiger partial charge in [-0.3, -0.25) is 0 Å². The molecule has 0 aliphatic heterocycles. The van der Waals surface area contributed by atoms with E-state index in [2.05, 4.69) is 50.2 Å². The Morgan fingerprint density at radius 1 is 1.06 bits per heavy atom. The van der Waals surface area contributed by atoms with Gasteiger partial charge in [-0.25, -0.2) is 0 Å². The molecule has 0 spiro atoms. The number of nitrogens with zero attached hydrogens (tertiary/aromatic N) is 1. The van der Waals surface area contributed by atoms with Crippen molar-refractivity contribution in [3.63, 3.8) is 0 Å². The predicted molar refractivity (Wildman–Crippen MR) is 72.9 cm³/mol. The molecule has 4 atom stereocenters. The van der Waals surface area contributed by atoms with E-state index in [-0.39, 0.29) is 5.41 Å². The summed E-state index contributed by atoms with van der Waals surface area (Å²) in [5.41, 5.74) is 1.71. The zero-order chi connectivity index (χ0) is 12.8. The van der Waals surface area contributed by atoms with Crippen LogP contribution in [0.4, 0.5) is 0 Å². The summed E-state index contributed by atoms with van der Waals surface area (Å²) in [6, 6.07) is 13.4. The molecule has 2 fully saturated rings. The quantitative estimate of drug-likeness (QED) is 0.760. The smallest absolute Gasteiger partial charge is 0.0658 e. The average molecular weight is 239 g/mol. The molecule has 1 aromatic carbocycles. The van der Waals surface area contributed by atoms with Crippen molar-refractivity contribution < 1.29 is 0 Å². The zero-order valence-corrected chi connectivity index (χ0v) is 11.3. The third-order valence-corrected chi connectivity index (χ3v) is 5.47. The third kappa shape index (κ3) is 1.67. The fourth-order valence-electron chi connectivity index (χ4n) is 4.40. The molecular formula is C17H21N. The molecule has 1 nitrogen and oxygen atoms in total. The van der Waals surface area contributed by atoms with Gasteiger partial charge < -0.3 is 0 Å². The second-order valence-electron chi connectivity index (χ2n) is 6.66. The van der Waals surface area contributed by atoms with Gasteiger partial charge in [0.15, 0.2) is 0 Å². The highest BCUT2D eigenvalue weighted by atomic mass is 14.6. The minimum atomic E-state index is 0.251. The van der Waals surface area contributed by atoms with E-state index in [4.69, 9.17) is 5.26 Å². The van der Waals surface area contributed by atoms with Crippen LogP contribution in [-0.2, 0) is 5.41 Å². The molecule has 0 amide bonds. The van der Waals surface area contributed by atoms with Crippen LogP contribution in [0.25, 0.3) is 0 Å². The first-order valence-corrected chi connectivity index (χ1v) is 7.08. The lowest BCUT2D eigenvalue weighted by Gasteiger charge is -2.38. The van der Waals surface area contributed by atoms with Gasteiger partial charge in [0.05, 0.1) is 6.07 Å². The number of hydrogen-bond donors (Lipinski definition) is 0. The van der Waals surface area contributed by atoms with Crippen LogP contribution in [-0.4, -0.2) is 0 Å². The lowest BCUT2D eigenvalue weighted by molar-refractivity contribution is 0.197. The highest BCUT2D eigenvalue weighted by Crippen LogP contribution is 2.57. The van der Waals surface area contributed by atoms with Crippen LogP contribution in [0.15, 0.2) is 30.3 Å². The van der Waals surface area contributed by atoms with Gasteiger partial charge in [-0.05, 0) is 48.0 Å². The molecule has 1 aromatic rings. The Hall–Kier alpha value is -1.29. The summed E-state index contributed by atoms with van der Waals surface area (Å²) < 4.78 is 0. The fraction of sp³-hybridized carbons (Fsp3) is 0.588. The lowest BCUT2D eigenvalue weighted by atomic mass is 9.65. The highest BCUT2D eigenvalue weighted by Gasteiger charge is 2.51. The molecule has 1 heteroatoms. The van der Waals surface area contributed by atoms with Gasteiger partial charge in [0.25, 0.3) is 0 Å². The molecule has 0 aromatic heterocycles. The van der Waals surface area contributed by atoms with Gasteiger partial charge in [0.2, 0.25) is 0 Å². The fourth-order valence-corrected chi connectivity index (χ4v) is 4.40. The molecule has 18 heavy (non-hydrogen) atoms. The summed E-state index contributed by atoms with van der Waals surface area (Å²) in [6.45, 7) is 4.77. The molecule has 0 saturated heterocycles. The van der Waals surface area contributed by atoms with E-state index >= 15 is 0 Å². The van der Waals surface area contributed by atoms with Crippen LogP contribution in [0, 0.1) is 35.0 Å². The number of nitriles is 1. The molecule has 2 aliphatic carbocycles. The van der Waals surface area contributed by atoms with E-state index in [9.17, 15) is 0 Å². The van der Waals surface area contributed by atoms with E-state index in [1.807, 2.05) is 0 Å². The Bertz CT molecular complexity index is 468. The van der Waals surface area contributed by atoms with Crippen molar-refractivity contribution in [2.75, 3.05) is 0 Å². The van der Waals surface area contributed by atoms with Gasteiger partial charge >= 0.3 is 0 Å². The first-order valence-electron chi connectivity index (χ1n) is 7.08. The number of rotatable bonds is 2. The highest BCUT2D eigenvalue weighted by molar-refractivity contribution is 5.26. The van der Waals surface area contributed by atoms with Crippen LogP contribution >= 0.6 is 0 Å². The summed E-state index contributed by atoms with van der Waals surface area (Å²) in [6.07, 6.45) is 3.69. The topological polar surface area (TPSA) is 23.8 Å². The van der Waals surface area contributed by atoms with Gasteiger partial charge in [-0.1, -0.05) is 44.2 Å². The maximum absolute atomic E-state index is 9.14. The van der Waals surface area contributed by atoms with Crippen molar-refractivity contribution in [3.05, 3.63) is 35.9 Å². The number of hydrogen-bond acceptors (Lipinski definition) is 1. The molecule has 94 valence electrons. The number of benzene rings is 1. The van der Waals surface area contributed by atoms with E-state index in [0.717, 1.165) is 18.3 Å². The first-order chi connectivity index (χ1) is 8.63. The standard InChI is InChI=1S/C17H21N/c1-17(2,15-6-4-3-5-7-15)16-10-12-8-13(16)9-14(12)11-18/h3-7,12-14,16H,8-10H2,1-2H3. The van der Waals surface area contributed by atoms with Crippen LogP contribution < -0.4 is 0 Å². The van der Waals surface area contributed by atoms with Crippen LogP contribution in [0.1, 0.15) is 38.7 Å². The van der Waals surface area contributed by atoms with Crippen molar-refractivity contribution in [2.45, 2.75) is 38.5 Å². The molecule has 0 N–H and O–H groups in total. The van der Waals surface area contributed by atoms with Crippen molar-refractivity contribution in [1.82, 2.24) is 0 Å². The summed E-state index contributed by atoms with van der Waals surface area (Å²) in [7, 11) is 0. The third-order valence-electron chi connectivity index (χ3n) is 5.47. The molecule has 4 unspecified atom stereocenters. The van der Waals surface area contributed by atoms with Gasteiger partial charge in [0.1, 0.15) is 0 Å². The molecule has 0 radical (unpaired) electrons. The normalized spacial score (nSPS) is 34.5. The van der Waals surface area contributed by atoms with Crippen LogP contribution in [0.5, 0.6) is 0 Å². The second-order valence-corrected chi connectivity index (χ2v) is 6.66. The van der Waals surface area contributed by atoms with E-state index in [1.165, 1.54) is 18.4 Å². The maximum Gasteiger partial charge on any atom is 0.0658 e. The Morgan fingerprint density at radius 2 is 1.78 bits per heavy atom. The van der Waals surface area contributed by atoms with Crippen molar-refractivity contribution in [3.8, 4) is 6.07 Å². The largest absolute Gasteiger partial charge is 0.198 e. The maximum atomic E-state index is 9.14. The summed E-state index contributed by atoms with van der Waals surface area (Å²) in [4.78, 5) is 0. The Balaban J connectivity index is 1.84. The summed E-state index contributed by atoms with van der Waals surface area (Å²) in [5, 5.41) is 9.14. The van der Waals surface area contributed by atoms with Crippen molar-refractivity contribution in [1.29, 1.82) is 5.26 Å². The zero-order valence-electron chi connectivity index (χ0n) is 11.3. The van der Waals surface area contributed by atoms with Crippen LogP contribution in [0.2, 0.25) is 0 Å². The Morgan fingerprint density at radius 3 is 2.33 bits per heavy atom. The molecule has 3 rings (SSSR count). The van der Waals surface area contributed by atoms with Crippen molar-refractivity contribution in [2.24, 2.45) is 23.7 Å². The minimum absolute atomic E-state index is 0.251. The first kappa shape index (κ1) is 11.8. The molecule has 2 saturated carbocycles. The second kappa shape index (κ2) is 4.12. The van der Waals surface area contributed by atoms with Gasteiger partial charge in [0, 0.05) is 5.92 Å². The summed E-state index contributed by atoms with van der Waals surface area (Å²) >= 11 is 0. The SMILES string of the molecule is CC(C)(c1ccccc1)C1CC2CC1CC2C#N. The lowest BCUT2D eigenvalue weighted by Crippen LogP contribution is -2.34. The van der Waals surface area contributed by atoms with Gasteiger partial charge in [-0.2, -0.15) is 5.26 Å². The van der Waals surface area contributed by atoms with E-state index < -0.39 is 0 Å². The summed E-state index contributed by atoms with van der Waals surface area (Å²) in [5.74, 6) is 2.55. The number of fused-ring (bicyclic) bond motifs is 2. The molecule has 2 aliphatic rings. The van der Waals surface area contributed by atoms with Crippen LogP contribution in [0.3, 0.4) is 0 Å².